The minimum atomic E-state index is -0.0518. The molecule has 3 N–H and O–H groups in total. The van der Waals surface area contributed by atoms with Gasteiger partial charge in [-0.1, -0.05) is 12.1 Å². The zero-order chi connectivity index (χ0) is 20.5. The summed E-state index contributed by atoms with van der Waals surface area (Å²) in [5.41, 5.74) is 1.83. The first kappa shape index (κ1) is 21.6. The Bertz CT molecular complexity index is 680. The van der Waals surface area contributed by atoms with E-state index < -0.39 is 0 Å². The number of carbonyl (C=O) groups is 1. The van der Waals surface area contributed by atoms with Gasteiger partial charge in [-0.2, -0.15) is 0 Å². The Morgan fingerprint density at radius 1 is 1.28 bits per heavy atom. The van der Waals surface area contributed by atoms with Crippen LogP contribution < -0.4 is 16.0 Å². The number of nitrogens with one attached hydrogen (secondary N) is 3. The first-order valence-electron chi connectivity index (χ1n) is 10.8. The van der Waals surface area contributed by atoms with Crippen molar-refractivity contribution in [2.45, 2.75) is 31.7 Å². The maximum Gasteiger partial charge on any atom is 0.251 e. The summed E-state index contributed by atoms with van der Waals surface area (Å²) in [6.45, 7) is 6.09. The van der Waals surface area contributed by atoms with Gasteiger partial charge in [-0.25, -0.2) is 0 Å². The van der Waals surface area contributed by atoms with Crippen molar-refractivity contribution >= 4 is 11.9 Å². The van der Waals surface area contributed by atoms with Crippen LogP contribution in [0.1, 0.15) is 35.2 Å². The fourth-order valence-electron chi connectivity index (χ4n) is 4.08. The van der Waals surface area contributed by atoms with Crippen LogP contribution in [-0.4, -0.2) is 76.3 Å². The largest absolute Gasteiger partial charge is 0.381 e. The van der Waals surface area contributed by atoms with E-state index in [-0.39, 0.29) is 5.91 Å². The second-order valence-corrected chi connectivity index (χ2v) is 7.98. The van der Waals surface area contributed by atoms with E-state index in [0.29, 0.717) is 11.6 Å². The van der Waals surface area contributed by atoms with Gasteiger partial charge >= 0.3 is 0 Å². The van der Waals surface area contributed by atoms with Crippen LogP contribution in [0.2, 0.25) is 0 Å². The van der Waals surface area contributed by atoms with Crippen molar-refractivity contribution < 1.29 is 9.53 Å². The number of rotatable bonds is 7. The van der Waals surface area contributed by atoms with Gasteiger partial charge in [-0.3, -0.25) is 9.79 Å². The van der Waals surface area contributed by atoms with Crippen LogP contribution in [0.25, 0.3) is 0 Å². The lowest BCUT2D eigenvalue weighted by Gasteiger charge is -2.34. The molecule has 160 valence electrons. The topological polar surface area (TPSA) is 78.0 Å². The monoisotopic (exact) mass is 401 g/mol. The number of hydrogen-bond acceptors (Lipinski definition) is 4. The molecule has 1 aromatic rings. The lowest BCUT2D eigenvalue weighted by Crippen LogP contribution is -2.49. The number of benzene rings is 1. The molecule has 2 saturated heterocycles. The highest BCUT2D eigenvalue weighted by molar-refractivity contribution is 5.94. The summed E-state index contributed by atoms with van der Waals surface area (Å²) < 4.78 is 5.50. The number of nitrogens with zero attached hydrogens (tertiary/aromatic N) is 2. The molecular weight excluding hydrogens is 366 g/mol. The number of aliphatic imine (C=N–C) groups is 1. The number of ether oxygens (including phenoxy) is 1. The second kappa shape index (κ2) is 11.2. The van der Waals surface area contributed by atoms with E-state index in [0.717, 1.165) is 69.6 Å². The highest BCUT2D eigenvalue weighted by Gasteiger charge is 2.24. The number of hydrogen-bond donors (Lipinski definition) is 3. The van der Waals surface area contributed by atoms with Gasteiger partial charge in [0.25, 0.3) is 5.91 Å². The Hall–Kier alpha value is -2.12. The average Bonchev–Trinajstić information content (AvgIpc) is 3.27. The van der Waals surface area contributed by atoms with Crippen molar-refractivity contribution in [2.75, 3.05) is 53.5 Å². The number of piperidine rings is 1. The normalized spacial score (nSPS) is 21.2. The van der Waals surface area contributed by atoms with E-state index in [1.807, 2.05) is 25.2 Å². The standard InChI is InChI=1S/C22H35N5O2/c1-23-21(28)19-5-3-4-17(14-19)6-10-25-22(24-2)26-20-7-11-27(12-8-20)15-18-9-13-29-16-18/h3-5,14,18,20H,6-13,15-16H2,1-2H3,(H,23,28)(H2,24,25,26). The molecule has 2 aliphatic rings. The van der Waals surface area contributed by atoms with Crippen LogP contribution in [0.4, 0.5) is 0 Å². The van der Waals surface area contributed by atoms with E-state index in [9.17, 15) is 4.79 Å². The molecule has 0 aliphatic carbocycles. The van der Waals surface area contributed by atoms with Crippen LogP contribution in [0.5, 0.6) is 0 Å². The second-order valence-electron chi connectivity index (χ2n) is 7.98. The van der Waals surface area contributed by atoms with Gasteiger partial charge in [-0.15, -0.1) is 0 Å². The lowest BCUT2D eigenvalue weighted by molar-refractivity contribution is 0.0963. The average molecular weight is 402 g/mol. The SMILES string of the molecule is CN=C(NCCc1cccc(C(=O)NC)c1)NC1CCN(CC2CCOC2)CC1. The molecule has 0 aromatic heterocycles. The first-order valence-corrected chi connectivity index (χ1v) is 10.8. The number of amides is 1. The zero-order valence-corrected chi connectivity index (χ0v) is 17.7. The van der Waals surface area contributed by atoms with E-state index in [4.69, 9.17) is 4.74 Å². The molecule has 0 saturated carbocycles. The van der Waals surface area contributed by atoms with Crippen LogP contribution >= 0.6 is 0 Å². The van der Waals surface area contributed by atoms with Crippen molar-refractivity contribution in [1.29, 1.82) is 0 Å². The minimum Gasteiger partial charge on any atom is -0.381 e. The summed E-state index contributed by atoms with van der Waals surface area (Å²) >= 11 is 0. The third kappa shape index (κ3) is 6.72. The molecule has 0 spiro atoms. The fourth-order valence-corrected chi connectivity index (χ4v) is 4.08. The molecule has 7 heteroatoms. The number of guanidine groups is 1. The van der Waals surface area contributed by atoms with Crippen LogP contribution in [0.15, 0.2) is 29.3 Å². The summed E-state index contributed by atoms with van der Waals surface area (Å²) in [5.74, 6) is 1.52. The molecule has 1 unspecified atom stereocenters. The smallest absolute Gasteiger partial charge is 0.251 e. The van der Waals surface area contributed by atoms with Crippen LogP contribution in [0.3, 0.4) is 0 Å². The molecule has 1 aromatic carbocycles. The van der Waals surface area contributed by atoms with Gasteiger partial charge in [0.05, 0.1) is 6.61 Å². The van der Waals surface area contributed by atoms with Gasteiger partial charge in [-0.05, 0) is 49.3 Å². The Labute approximate surface area is 174 Å². The van der Waals surface area contributed by atoms with Crippen molar-refractivity contribution in [3.8, 4) is 0 Å². The molecule has 3 rings (SSSR count). The molecule has 1 atom stereocenters. The summed E-state index contributed by atoms with van der Waals surface area (Å²) in [4.78, 5) is 18.7. The lowest BCUT2D eigenvalue weighted by atomic mass is 10.0. The van der Waals surface area contributed by atoms with E-state index >= 15 is 0 Å². The molecule has 29 heavy (non-hydrogen) atoms. The van der Waals surface area contributed by atoms with E-state index in [1.165, 1.54) is 13.0 Å². The van der Waals surface area contributed by atoms with Crippen molar-refractivity contribution in [1.82, 2.24) is 20.9 Å². The van der Waals surface area contributed by atoms with E-state index in [2.05, 4.69) is 31.9 Å². The maximum absolute atomic E-state index is 11.8. The summed E-state index contributed by atoms with van der Waals surface area (Å²) in [6.07, 6.45) is 4.33. The summed E-state index contributed by atoms with van der Waals surface area (Å²) in [5, 5.41) is 9.64. The summed E-state index contributed by atoms with van der Waals surface area (Å²) in [7, 11) is 3.47. The Balaban J connectivity index is 1.37. The number of likely N-dealkylation sites (tertiary alicyclic amines) is 1. The number of carbonyl (C=O) groups excluding carboxylic acids is 1. The minimum absolute atomic E-state index is 0.0518. The molecule has 0 radical (unpaired) electrons. The quantitative estimate of drug-likeness (QED) is 0.474. The Morgan fingerprint density at radius 3 is 2.79 bits per heavy atom. The van der Waals surface area contributed by atoms with Gasteiger partial charge in [0.2, 0.25) is 0 Å². The van der Waals surface area contributed by atoms with Crippen LogP contribution in [-0.2, 0) is 11.2 Å². The molecule has 0 bridgehead atoms. The zero-order valence-electron chi connectivity index (χ0n) is 17.7. The molecular formula is C22H35N5O2. The molecule has 2 heterocycles. The first-order chi connectivity index (χ1) is 14.2. The third-order valence-electron chi connectivity index (χ3n) is 5.81. The summed E-state index contributed by atoms with van der Waals surface area (Å²) in [6, 6.07) is 8.23. The predicted octanol–water partition coefficient (Wildman–Crippen LogP) is 1.25. The molecule has 7 nitrogen and oxygen atoms in total. The Kier molecular flexibility index (Phi) is 8.31. The van der Waals surface area contributed by atoms with Crippen molar-refractivity contribution in [3.05, 3.63) is 35.4 Å². The third-order valence-corrected chi connectivity index (χ3v) is 5.81. The van der Waals surface area contributed by atoms with Crippen molar-refractivity contribution in [2.24, 2.45) is 10.9 Å². The van der Waals surface area contributed by atoms with Gasteiger partial charge < -0.3 is 25.6 Å². The van der Waals surface area contributed by atoms with Crippen molar-refractivity contribution in [3.63, 3.8) is 0 Å². The highest BCUT2D eigenvalue weighted by atomic mass is 16.5. The van der Waals surface area contributed by atoms with E-state index in [1.54, 1.807) is 7.05 Å². The van der Waals surface area contributed by atoms with Gasteiger partial charge in [0.1, 0.15) is 0 Å². The molecule has 2 aliphatic heterocycles. The Morgan fingerprint density at radius 2 is 2.10 bits per heavy atom. The molecule has 2 fully saturated rings. The fraction of sp³-hybridized carbons (Fsp3) is 0.636. The van der Waals surface area contributed by atoms with Gasteiger partial charge in [0.15, 0.2) is 5.96 Å². The molecule has 1 amide bonds. The maximum atomic E-state index is 11.8. The van der Waals surface area contributed by atoms with Crippen LogP contribution in [0, 0.1) is 5.92 Å². The predicted molar refractivity (Wildman–Crippen MR) is 116 cm³/mol. The van der Waals surface area contributed by atoms with Gasteiger partial charge in [0, 0.05) is 58.5 Å². The highest BCUT2D eigenvalue weighted by Crippen LogP contribution is 2.17.